The van der Waals surface area contributed by atoms with Crippen LogP contribution in [0.1, 0.15) is 27.0 Å². The number of ether oxygens (including phenoxy) is 1. The number of hydrogen-bond donors (Lipinski definition) is 0. The molecular weight excluding hydrogens is 436 g/mol. The molecule has 0 aromatic heterocycles. The van der Waals surface area contributed by atoms with Gasteiger partial charge < -0.3 is 4.74 Å². The second-order valence-electron chi connectivity index (χ2n) is 8.15. The van der Waals surface area contributed by atoms with Gasteiger partial charge in [-0.3, -0.25) is 4.79 Å². The van der Waals surface area contributed by atoms with E-state index in [-0.39, 0.29) is 5.91 Å². The summed E-state index contributed by atoms with van der Waals surface area (Å²) in [6.45, 7) is 1.93. The summed E-state index contributed by atoms with van der Waals surface area (Å²) in [5, 5.41) is 6.07. The Morgan fingerprint density at radius 1 is 0.829 bits per heavy atom. The molecule has 0 saturated carbocycles. The van der Waals surface area contributed by atoms with E-state index >= 15 is 0 Å². The molecule has 0 saturated heterocycles. The van der Waals surface area contributed by atoms with Gasteiger partial charge in [-0.1, -0.05) is 78.4 Å². The third-order valence-corrected chi connectivity index (χ3v) is 5.58. The number of anilines is 1. The second-order valence-corrected chi connectivity index (χ2v) is 8.15. The standard InChI is InChI=1S/C30H22N2O3/c1-21-9-8-12-24(19-21)30(34)35-26-17-15-22(16-18-26)20-27-28(23-10-4-2-5-11-23)31-32(29(27)33)25-13-6-3-7-14-25/h2-20H,1H3/b27-20+. The maximum Gasteiger partial charge on any atom is 0.343 e. The Morgan fingerprint density at radius 3 is 2.20 bits per heavy atom. The van der Waals surface area contributed by atoms with Crippen LogP contribution in [0.4, 0.5) is 5.69 Å². The minimum absolute atomic E-state index is 0.204. The molecule has 0 unspecified atom stereocenters. The first-order chi connectivity index (χ1) is 17.1. The van der Waals surface area contributed by atoms with E-state index in [0.29, 0.717) is 28.3 Å². The largest absolute Gasteiger partial charge is 0.423 e. The van der Waals surface area contributed by atoms with E-state index < -0.39 is 5.97 Å². The van der Waals surface area contributed by atoms with Gasteiger partial charge in [-0.05, 0) is 55.0 Å². The van der Waals surface area contributed by atoms with Gasteiger partial charge in [-0.2, -0.15) is 10.1 Å². The highest BCUT2D eigenvalue weighted by Crippen LogP contribution is 2.28. The maximum atomic E-state index is 13.4. The SMILES string of the molecule is Cc1cccc(C(=O)Oc2ccc(/C=C3/C(=O)N(c4ccccc4)N=C3c3ccccc3)cc2)c1. The summed E-state index contributed by atoms with van der Waals surface area (Å²) < 4.78 is 5.51. The fourth-order valence-corrected chi connectivity index (χ4v) is 3.83. The Kier molecular flexibility index (Phi) is 6.05. The molecule has 0 fully saturated rings. The number of benzene rings is 4. The lowest BCUT2D eigenvalue weighted by Crippen LogP contribution is -2.21. The molecule has 0 N–H and O–H groups in total. The summed E-state index contributed by atoms with van der Waals surface area (Å²) in [7, 11) is 0. The Morgan fingerprint density at radius 2 is 1.51 bits per heavy atom. The molecule has 5 heteroatoms. The smallest absolute Gasteiger partial charge is 0.343 e. The van der Waals surface area contributed by atoms with Gasteiger partial charge in [0.1, 0.15) is 11.5 Å². The molecule has 1 amide bonds. The van der Waals surface area contributed by atoms with Crippen molar-refractivity contribution in [3.63, 3.8) is 0 Å². The molecule has 35 heavy (non-hydrogen) atoms. The van der Waals surface area contributed by atoms with Crippen molar-refractivity contribution in [2.45, 2.75) is 6.92 Å². The van der Waals surface area contributed by atoms with Crippen molar-refractivity contribution < 1.29 is 14.3 Å². The van der Waals surface area contributed by atoms with Crippen LogP contribution in [0.15, 0.2) is 120 Å². The quantitative estimate of drug-likeness (QED) is 0.208. The number of hydrazone groups is 1. The number of amides is 1. The van der Waals surface area contributed by atoms with Crippen LogP contribution in [-0.4, -0.2) is 17.6 Å². The van der Waals surface area contributed by atoms with Gasteiger partial charge in [0.15, 0.2) is 0 Å². The van der Waals surface area contributed by atoms with Crippen molar-refractivity contribution >= 4 is 29.4 Å². The summed E-state index contributed by atoms with van der Waals surface area (Å²) in [6.07, 6.45) is 1.81. The molecule has 5 rings (SSSR count). The number of carbonyl (C=O) groups is 2. The molecule has 170 valence electrons. The predicted octanol–water partition coefficient (Wildman–Crippen LogP) is 6.05. The molecule has 1 aliphatic heterocycles. The van der Waals surface area contributed by atoms with Crippen LogP contribution in [0.25, 0.3) is 6.08 Å². The van der Waals surface area contributed by atoms with Crippen molar-refractivity contribution in [2.75, 3.05) is 5.01 Å². The van der Waals surface area contributed by atoms with E-state index in [1.165, 1.54) is 5.01 Å². The summed E-state index contributed by atoms with van der Waals surface area (Å²) in [4.78, 5) is 25.8. The fourth-order valence-electron chi connectivity index (χ4n) is 3.83. The van der Waals surface area contributed by atoms with Crippen molar-refractivity contribution in [1.82, 2.24) is 0 Å². The number of para-hydroxylation sites is 1. The van der Waals surface area contributed by atoms with Crippen LogP contribution < -0.4 is 9.75 Å². The zero-order chi connectivity index (χ0) is 24.2. The third kappa shape index (κ3) is 4.80. The van der Waals surface area contributed by atoms with E-state index in [1.54, 1.807) is 24.3 Å². The minimum Gasteiger partial charge on any atom is -0.423 e. The number of hydrogen-bond acceptors (Lipinski definition) is 4. The van der Waals surface area contributed by atoms with Crippen LogP contribution >= 0.6 is 0 Å². The van der Waals surface area contributed by atoms with Gasteiger partial charge in [0.2, 0.25) is 0 Å². The van der Waals surface area contributed by atoms with Gasteiger partial charge in [0, 0.05) is 5.56 Å². The zero-order valence-corrected chi connectivity index (χ0v) is 19.1. The van der Waals surface area contributed by atoms with Crippen molar-refractivity contribution in [2.24, 2.45) is 5.10 Å². The number of nitrogens with zero attached hydrogens (tertiary/aromatic N) is 2. The normalized spacial score (nSPS) is 14.2. The summed E-state index contributed by atoms with van der Waals surface area (Å²) in [5.41, 5.74) is 4.93. The zero-order valence-electron chi connectivity index (χ0n) is 19.1. The highest BCUT2D eigenvalue weighted by molar-refractivity contribution is 6.37. The Balaban J connectivity index is 1.42. The molecule has 0 radical (unpaired) electrons. The highest BCUT2D eigenvalue weighted by atomic mass is 16.5. The van der Waals surface area contributed by atoms with Gasteiger partial charge in [0.25, 0.3) is 5.91 Å². The molecule has 0 spiro atoms. The van der Waals surface area contributed by atoms with E-state index in [4.69, 9.17) is 4.74 Å². The number of rotatable bonds is 5. The minimum atomic E-state index is -0.414. The maximum absolute atomic E-state index is 13.4. The predicted molar refractivity (Wildman–Crippen MR) is 137 cm³/mol. The van der Waals surface area contributed by atoms with Gasteiger partial charge in [-0.25, -0.2) is 4.79 Å². The van der Waals surface area contributed by atoms with Gasteiger partial charge >= 0.3 is 5.97 Å². The van der Waals surface area contributed by atoms with Crippen molar-refractivity contribution in [1.29, 1.82) is 0 Å². The van der Waals surface area contributed by atoms with Crippen LogP contribution in [0.2, 0.25) is 0 Å². The van der Waals surface area contributed by atoms with E-state index in [2.05, 4.69) is 5.10 Å². The van der Waals surface area contributed by atoms with E-state index in [0.717, 1.165) is 16.7 Å². The Labute approximate surface area is 203 Å². The summed E-state index contributed by atoms with van der Waals surface area (Å²) in [6, 6.07) is 33.3. The lowest BCUT2D eigenvalue weighted by molar-refractivity contribution is -0.114. The third-order valence-electron chi connectivity index (χ3n) is 5.58. The molecule has 0 aliphatic carbocycles. The van der Waals surface area contributed by atoms with Gasteiger partial charge in [-0.15, -0.1) is 0 Å². The molecular formula is C30H22N2O3. The van der Waals surface area contributed by atoms with E-state index in [1.807, 2.05) is 97.9 Å². The molecule has 1 heterocycles. The Bertz CT molecular complexity index is 1440. The first kappa shape index (κ1) is 22.0. The van der Waals surface area contributed by atoms with Crippen LogP contribution in [0.5, 0.6) is 5.75 Å². The monoisotopic (exact) mass is 458 g/mol. The summed E-state index contributed by atoms with van der Waals surface area (Å²) >= 11 is 0. The molecule has 0 bridgehead atoms. The summed E-state index contributed by atoms with van der Waals surface area (Å²) in [5.74, 6) is -0.188. The Hall–Kier alpha value is -4.77. The molecule has 4 aromatic rings. The fraction of sp³-hybridized carbons (Fsp3) is 0.0333. The van der Waals surface area contributed by atoms with Crippen LogP contribution in [-0.2, 0) is 4.79 Å². The number of carbonyl (C=O) groups excluding carboxylic acids is 2. The molecule has 5 nitrogen and oxygen atoms in total. The lowest BCUT2D eigenvalue weighted by Gasteiger charge is -2.11. The average Bonchev–Trinajstić information content (AvgIpc) is 3.22. The topological polar surface area (TPSA) is 59.0 Å². The number of esters is 1. The molecule has 4 aromatic carbocycles. The first-order valence-electron chi connectivity index (χ1n) is 11.2. The molecule has 1 aliphatic rings. The average molecular weight is 459 g/mol. The first-order valence-corrected chi connectivity index (χ1v) is 11.2. The molecule has 0 atom stereocenters. The van der Waals surface area contributed by atoms with Crippen molar-refractivity contribution in [3.05, 3.63) is 137 Å². The van der Waals surface area contributed by atoms with Crippen molar-refractivity contribution in [3.8, 4) is 5.75 Å². The van der Waals surface area contributed by atoms with Crippen LogP contribution in [0, 0.1) is 6.92 Å². The highest BCUT2D eigenvalue weighted by Gasteiger charge is 2.31. The van der Waals surface area contributed by atoms with E-state index in [9.17, 15) is 9.59 Å². The lowest BCUT2D eigenvalue weighted by atomic mass is 10.0. The van der Waals surface area contributed by atoms with Gasteiger partial charge in [0.05, 0.1) is 16.8 Å². The number of aryl methyl sites for hydroxylation is 1. The second kappa shape index (κ2) is 9.61. The van der Waals surface area contributed by atoms with Crippen LogP contribution in [0.3, 0.4) is 0 Å².